The van der Waals surface area contributed by atoms with Crippen LogP contribution < -0.4 is 4.90 Å². The number of thiophene rings is 4. The van der Waals surface area contributed by atoms with Gasteiger partial charge >= 0.3 is 5.97 Å². The van der Waals surface area contributed by atoms with E-state index < -0.39 is 11.6 Å². The van der Waals surface area contributed by atoms with Crippen molar-refractivity contribution >= 4 is 87.6 Å². The van der Waals surface area contributed by atoms with Crippen LogP contribution in [-0.4, -0.2) is 17.6 Å². The van der Waals surface area contributed by atoms with Gasteiger partial charge in [-0.15, -0.1) is 45.3 Å². The standard InChI is InChI=1S/C39H32N2O2S4/c1-39(2,3)43-38(42)24(20-40)17-26-14-15-29(44-26)31-19-33-37(47-31)36-32(45-33)18-30(46-36)21-10-12-25(13-11-21)41-28-7-5-4-6-27(28)34-22-8-9-23(16-22)35(34)41/h4-7,10-15,17-19,22-23,34-35H,8-9,16H2,1-3H3/b24-17+. The molecule has 8 heteroatoms. The zero-order valence-electron chi connectivity index (χ0n) is 26.3. The lowest BCUT2D eigenvalue weighted by Gasteiger charge is -2.33. The van der Waals surface area contributed by atoms with Gasteiger partial charge in [-0.1, -0.05) is 30.3 Å². The number of nitriles is 1. The van der Waals surface area contributed by atoms with Crippen LogP contribution in [0.5, 0.6) is 0 Å². The molecule has 0 saturated heterocycles. The molecule has 0 spiro atoms. The largest absolute Gasteiger partial charge is 0.456 e. The molecule has 6 aromatic rings. The fourth-order valence-electron chi connectivity index (χ4n) is 8.09. The SMILES string of the molecule is CC(C)(C)OC(=O)/C(C#N)=C/c1ccc(-c2cc3sc4cc(-c5ccc(N6c7ccccc7C7C8CCC(C8)C76)cc5)sc4c3s2)s1. The van der Waals surface area contributed by atoms with Gasteiger partial charge in [0.15, 0.2) is 0 Å². The Morgan fingerprint density at radius 2 is 1.60 bits per heavy atom. The van der Waals surface area contributed by atoms with E-state index in [9.17, 15) is 10.1 Å². The second-order valence-corrected chi connectivity index (χ2v) is 18.2. The summed E-state index contributed by atoms with van der Waals surface area (Å²) in [4.78, 5) is 19.6. The molecule has 4 unspecified atom stereocenters. The molecule has 3 aliphatic rings. The number of para-hydroxylation sites is 1. The Bertz CT molecular complexity index is 2270. The van der Waals surface area contributed by atoms with E-state index in [-0.39, 0.29) is 5.57 Å². The van der Waals surface area contributed by atoms with Gasteiger partial charge < -0.3 is 9.64 Å². The molecule has 0 radical (unpaired) electrons. The number of benzene rings is 2. The topological polar surface area (TPSA) is 53.3 Å². The molecule has 234 valence electrons. The number of nitrogens with zero attached hydrogens (tertiary/aromatic N) is 2. The summed E-state index contributed by atoms with van der Waals surface area (Å²) in [5, 5.41) is 9.57. The average molecular weight is 689 g/mol. The quantitative estimate of drug-likeness (QED) is 0.103. The van der Waals surface area contributed by atoms with Crippen molar-refractivity contribution in [1.82, 2.24) is 0 Å². The molecule has 4 aromatic heterocycles. The molecule has 5 heterocycles. The highest BCUT2D eigenvalue weighted by Crippen LogP contribution is 2.62. The minimum atomic E-state index is -0.647. The normalized spacial score (nSPS) is 21.8. The van der Waals surface area contributed by atoms with Crippen molar-refractivity contribution in [3.05, 3.63) is 88.8 Å². The number of fused-ring (bicyclic) bond motifs is 10. The van der Waals surface area contributed by atoms with Crippen molar-refractivity contribution < 1.29 is 9.53 Å². The summed E-state index contributed by atoms with van der Waals surface area (Å²) in [6, 6.07) is 29.8. The van der Waals surface area contributed by atoms with E-state index in [1.165, 1.54) is 64.8 Å². The molecular formula is C39H32N2O2S4. The van der Waals surface area contributed by atoms with Crippen LogP contribution in [0, 0.1) is 23.2 Å². The zero-order chi connectivity index (χ0) is 32.0. The minimum absolute atomic E-state index is 0.0151. The second kappa shape index (κ2) is 10.9. The van der Waals surface area contributed by atoms with Crippen LogP contribution in [-0.2, 0) is 9.53 Å². The first-order chi connectivity index (χ1) is 22.7. The van der Waals surface area contributed by atoms with Gasteiger partial charge in [0, 0.05) is 52.2 Å². The van der Waals surface area contributed by atoms with Crippen LogP contribution in [0.15, 0.2) is 78.4 Å². The Kier molecular flexibility index (Phi) is 6.82. The molecule has 2 fully saturated rings. The third kappa shape index (κ3) is 4.90. The predicted octanol–water partition coefficient (Wildman–Crippen LogP) is 11.9. The van der Waals surface area contributed by atoms with Crippen molar-refractivity contribution in [2.45, 2.75) is 57.6 Å². The Morgan fingerprint density at radius 3 is 2.36 bits per heavy atom. The van der Waals surface area contributed by atoms with Gasteiger partial charge in [-0.25, -0.2) is 4.79 Å². The third-order valence-electron chi connectivity index (χ3n) is 9.87. The second-order valence-electron chi connectivity index (χ2n) is 13.9. The van der Waals surface area contributed by atoms with Crippen LogP contribution in [0.2, 0.25) is 0 Å². The first-order valence-corrected chi connectivity index (χ1v) is 19.4. The van der Waals surface area contributed by atoms with Crippen molar-refractivity contribution in [1.29, 1.82) is 5.26 Å². The fourth-order valence-corrected chi connectivity index (χ4v) is 13.2. The number of anilines is 2. The number of carbonyl (C=O) groups is 1. The molecule has 0 amide bonds. The van der Waals surface area contributed by atoms with E-state index in [1.54, 1.807) is 43.7 Å². The third-order valence-corrected chi connectivity index (χ3v) is 14.9. The first-order valence-electron chi connectivity index (χ1n) is 16.1. The lowest BCUT2D eigenvalue weighted by Crippen LogP contribution is -2.35. The smallest absolute Gasteiger partial charge is 0.349 e. The van der Waals surface area contributed by atoms with Crippen LogP contribution in [0.1, 0.15) is 56.4 Å². The maximum atomic E-state index is 12.5. The number of ether oxygens (including phenoxy) is 1. The number of hydrogen-bond acceptors (Lipinski definition) is 8. The van der Waals surface area contributed by atoms with Gasteiger partial charge in [-0.2, -0.15) is 5.26 Å². The molecular weight excluding hydrogens is 657 g/mol. The summed E-state index contributed by atoms with van der Waals surface area (Å²) in [5.41, 5.74) is 4.95. The maximum Gasteiger partial charge on any atom is 0.349 e. The fraction of sp³-hybridized carbons (Fsp3) is 0.282. The lowest BCUT2D eigenvalue weighted by atomic mass is 9.82. The van der Waals surface area contributed by atoms with Crippen molar-refractivity contribution in [3.8, 4) is 26.3 Å². The molecule has 9 rings (SSSR count). The van der Waals surface area contributed by atoms with E-state index >= 15 is 0 Å². The monoisotopic (exact) mass is 688 g/mol. The van der Waals surface area contributed by atoms with Crippen molar-refractivity contribution in [3.63, 3.8) is 0 Å². The van der Waals surface area contributed by atoms with Crippen molar-refractivity contribution in [2.24, 2.45) is 11.8 Å². The highest BCUT2D eigenvalue weighted by molar-refractivity contribution is 7.40. The van der Waals surface area contributed by atoms with Crippen LogP contribution in [0.4, 0.5) is 11.4 Å². The van der Waals surface area contributed by atoms with Gasteiger partial charge in [0.05, 0.1) is 9.40 Å². The van der Waals surface area contributed by atoms with Gasteiger partial charge in [0.1, 0.15) is 17.2 Å². The Morgan fingerprint density at radius 1 is 0.872 bits per heavy atom. The van der Waals surface area contributed by atoms with Gasteiger partial charge in [-0.3, -0.25) is 0 Å². The number of hydrogen-bond donors (Lipinski definition) is 0. The predicted molar refractivity (Wildman–Crippen MR) is 199 cm³/mol. The Balaban J connectivity index is 0.980. The Labute approximate surface area is 290 Å². The number of rotatable bonds is 5. The zero-order valence-corrected chi connectivity index (χ0v) is 29.5. The summed E-state index contributed by atoms with van der Waals surface area (Å²) < 4.78 is 10.7. The molecule has 2 aliphatic carbocycles. The van der Waals surface area contributed by atoms with Crippen LogP contribution in [0.25, 0.3) is 45.1 Å². The summed E-state index contributed by atoms with van der Waals surface area (Å²) in [5.74, 6) is 1.76. The highest BCUT2D eigenvalue weighted by atomic mass is 32.1. The highest BCUT2D eigenvalue weighted by Gasteiger charge is 2.55. The molecule has 47 heavy (non-hydrogen) atoms. The summed E-state index contributed by atoms with van der Waals surface area (Å²) in [6.45, 7) is 5.40. The van der Waals surface area contributed by atoms with Crippen LogP contribution in [0.3, 0.4) is 0 Å². The molecule has 2 bridgehead atoms. The van der Waals surface area contributed by atoms with E-state index in [0.717, 1.165) is 21.6 Å². The minimum Gasteiger partial charge on any atom is -0.456 e. The van der Waals surface area contributed by atoms with E-state index in [0.29, 0.717) is 12.0 Å². The average Bonchev–Trinajstić information content (AvgIpc) is 3.89. The number of carbonyl (C=O) groups excluding carboxylic acids is 1. The maximum absolute atomic E-state index is 12.5. The molecule has 2 saturated carbocycles. The van der Waals surface area contributed by atoms with E-state index in [2.05, 4.69) is 71.6 Å². The number of esters is 1. The van der Waals surface area contributed by atoms with Gasteiger partial charge in [0.25, 0.3) is 0 Å². The van der Waals surface area contributed by atoms with E-state index in [4.69, 9.17) is 4.74 Å². The van der Waals surface area contributed by atoms with Gasteiger partial charge in [-0.05, 0) is 112 Å². The molecule has 0 N–H and O–H groups in total. The molecule has 1 aliphatic heterocycles. The summed E-state index contributed by atoms with van der Waals surface area (Å²) in [6.07, 6.45) is 5.79. The summed E-state index contributed by atoms with van der Waals surface area (Å²) >= 11 is 7.15. The molecule has 4 atom stereocenters. The Hall–Kier alpha value is -3.74. The van der Waals surface area contributed by atoms with E-state index in [1.807, 2.05) is 46.1 Å². The van der Waals surface area contributed by atoms with Crippen molar-refractivity contribution in [2.75, 3.05) is 4.90 Å². The van der Waals surface area contributed by atoms with Gasteiger partial charge in [0.2, 0.25) is 0 Å². The molecule has 4 nitrogen and oxygen atoms in total. The lowest BCUT2D eigenvalue weighted by molar-refractivity contribution is -0.149. The summed E-state index contributed by atoms with van der Waals surface area (Å²) in [7, 11) is 0. The molecule has 2 aromatic carbocycles. The first kappa shape index (κ1) is 29.4. The van der Waals surface area contributed by atoms with Crippen LogP contribution >= 0.6 is 45.3 Å².